The second kappa shape index (κ2) is 12.1. The predicted molar refractivity (Wildman–Crippen MR) is 156 cm³/mol. The smallest absolute Gasteiger partial charge is 0.326 e. The van der Waals surface area contributed by atoms with Crippen LogP contribution in [0.3, 0.4) is 0 Å². The van der Waals surface area contributed by atoms with Gasteiger partial charge in [0, 0.05) is 35.1 Å². The first-order chi connectivity index (χ1) is 19.4. The molecule has 0 aliphatic heterocycles. The minimum Gasteiger partial charge on any atom is -0.480 e. The van der Waals surface area contributed by atoms with Crippen LogP contribution in [0.5, 0.6) is 0 Å². The van der Waals surface area contributed by atoms with Gasteiger partial charge in [-0.1, -0.05) is 74.5 Å². The summed E-state index contributed by atoms with van der Waals surface area (Å²) in [5, 5.41) is 10.7. The molecule has 0 fully saturated rings. The van der Waals surface area contributed by atoms with E-state index in [0.29, 0.717) is 32.2 Å². The zero-order valence-corrected chi connectivity index (χ0v) is 23.2. The van der Waals surface area contributed by atoms with Crippen molar-refractivity contribution in [1.29, 1.82) is 0 Å². The summed E-state index contributed by atoms with van der Waals surface area (Å²) in [6, 6.07) is 24.1. The van der Waals surface area contributed by atoms with E-state index >= 15 is 0 Å². The van der Waals surface area contributed by atoms with E-state index in [0.717, 1.165) is 40.6 Å². The summed E-state index contributed by atoms with van der Waals surface area (Å²) in [6.45, 7) is 4.46. The minimum absolute atomic E-state index is 0.0471. The standard InChI is InChI=1S/C34H37FN2O3/c1-3-30(34(39)40)37-31-16-14-26(35)21-28(31)29-22-27(15-17-32(29)37)36(19-18-24-10-6-4-7-11-24)33(38)23(2)20-25-12-8-5-9-13-25/h4-14,16,21,23,27,30H,3,15,17-20,22H2,1-2H3,(H,39,40)/t23-,27?,30?/m0/s1. The van der Waals surface area contributed by atoms with Crippen molar-refractivity contribution < 1.29 is 19.1 Å². The fraction of sp³-hybridized carbons (Fsp3) is 0.353. The Morgan fingerprint density at radius 2 is 1.70 bits per heavy atom. The van der Waals surface area contributed by atoms with Crippen LogP contribution in [0.4, 0.5) is 4.39 Å². The third kappa shape index (κ3) is 5.67. The van der Waals surface area contributed by atoms with Crippen LogP contribution in [0.2, 0.25) is 0 Å². The molecule has 0 spiro atoms. The highest BCUT2D eigenvalue weighted by atomic mass is 19.1. The first kappa shape index (κ1) is 27.6. The SMILES string of the molecule is CCC(C(=O)O)n1c2c(c3cc(F)ccc31)CC(N(CCc1ccccc1)C(=O)[C@@H](C)Cc1ccccc1)CC2. The number of halogens is 1. The number of amides is 1. The van der Waals surface area contributed by atoms with Crippen molar-refractivity contribution in [2.75, 3.05) is 6.54 Å². The third-order valence-electron chi connectivity index (χ3n) is 8.33. The van der Waals surface area contributed by atoms with Gasteiger partial charge in [-0.2, -0.15) is 0 Å². The van der Waals surface area contributed by atoms with Gasteiger partial charge in [0.1, 0.15) is 11.9 Å². The number of fused-ring (bicyclic) bond motifs is 3. The Labute approximate surface area is 235 Å². The molecule has 1 N–H and O–H groups in total. The molecule has 0 saturated heterocycles. The number of carboxylic acids is 1. The number of carbonyl (C=O) groups is 2. The van der Waals surface area contributed by atoms with Gasteiger partial charge >= 0.3 is 5.97 Å². The molecule has 2 unspecified atom stereocenters. The van der Waals surface area contributed by atoms with Crippen molar-refractivity contribution in [2.24, 2.45) is 5.92 Å². The van der Waals surface area contributed by atoms with E-state index in [1.165, 1.54) is 17.7 Å². The molecule has 3 atom stereocenters. The topological polar surface area (TPSA) is 62.5 Å². The van der Waals surface area contributed by atoms with Crippen LogP contribution in [0.25, 0.3) is 10.9 Å². The summed E-state index contributed by atoms with van der Waals surface area (Å²) >= 11 is 0. The normalized spacial score (nSPS) is 16.3. The highest BCUT2D eigenvalue weighted by Gasteiger charge is 2.35. The molecule has 208 valence electrons. The monoisotopic (exact) mass is 540 g/mol. The van der Waals surface area contributed by atoms with Gasteiger partial charge in [-0.3, -0.25) is 4.79 Å². The lowest BCUT2D eigenvalue weighted by atomic mass is 9.88. The van der Waals surface area contributed by atoms with E-state index < -0.39 is 12.0 Å². The Morgan fingerprint density at radius 1 is 1.02 bits per heavy atom. The second-order valence-corrected chi connectivity index (χ2v) is 11.0. The molecule has 0 bridgehead atoms. The molecule has 40 heavy (non-hydrogen) atoms. The Balaban J connectivity index is 1.49. The van der Waals surface area contributed by atoms with Crippen molar-refractivity contribution in [1.82, 2.24) is 9.47 Å². The molecule has 0 radical (unpaired) electrons. The van der Waals surface area contributed by atoms with E-state index in [1.54, 1.807) is 6.07 Å². The Kier molecular flexibility index (Phi) is 8.34. The molecule has 4 aromatic rings. The maximum Gasteiger partial charge on any atom is 0.326 e. The quantitative estimate of drug-likeness (QED) is 0.246. The molecule has 0 saturated carbocycles. The number of carboxylic acid groups (broad SMARTS) is 1. The number of aromatic nitrogens is 1. The molecule has 1 amide bonds. The summed E-state index contributed by atoms with van der Waals surface area (Å²) < 4.78 is 16.4. The molecule has 5 nitrogen and oxygen atoms in total. The van der Waals surface area contributed by atoms with Gasteiger partial charge in [0.05, 0.1) is 0 Å². The van der Waals surface area contributed by atoms with Crippen LogP contribution in [0.1, 0.15) is 55.1 Å². The molecule has 1 aliphatic rings. The van der Waals surface area contributed by atoms with Crippen LogP contribution in [0.15, 0.2) is 78.9 Å². The van der Waals surface area contributed by atoms with Crippen LogP contribution < -0.4 is 0 Å². The Morgan fingerprint density at radius 3 is 2.35 bits per heavy atom. The van der Waals surface area contributed by atoms with Crippen LogP contribution in [-0.2, 0) is 35.3 Å². The molecule has 3 aromatic carbocycles. The maximum absolute atomic E-state index is 14.5. The number of aliphatic carboxylic acids is 1. The van der Waals surface area contributed by atoms with Gasteiger partial charge in [-0.05, 0) is 73.4 Å². The van der Waals surface area contributed by atoms with Crippen molar-refractivity contribution in [2.45, 2.75) is 64.5 Å². The van der Waals surface area contributed by atoms with Gasteiger partial charge in [-0.15, -0.1) is 0 Å². The second-order valence-electron chi connectivity index (χ2n) is 11.0. The fourth-order valence-electron chi connectivity index (χ4n) is 6.34. The van der Waals surface area contributed by atoms with E-state index in [2.05, 4.69) is 24.3 Å². The van der Waals surface area contributed by atoms with Crippen LogP contribution in [-0.4, -0.2) is 39.0 Å². The fourth-order valence-corrected chi connectivity index (χ4v) is 6.34. The first-order valence-corrected chi connectivity index (χ1v) is 14.3. The number of hydrogen-bond donors (Lipinski definition) is 1. The average molecular weight is 541 g/mol. The van der Waals surface area contributed by atoms with E-state index in [1.807, 2.05) is 59.7 Å². The number of rotatable bonds is 10. The van der Waals surface area contributed by atoms with E-state index in [-0.39, 0.29) is 23.7 Å². The van der Waals surface area contributed by atoms with Crippen molar-refractivity contribution in [3.05, 3.63) is 107 Å². The molecular weight excluding hydrogens is 503 g/mol. The van der Waals surface area contributed by atoms with Gasteiger partial charge in [0.25, 0.3) is 0 Å². The number of benzene rings is 3. The van der Waals surface area contributed by atoms with Crippen molar-refractivity contribution in [3.63, 3.8) is 0 Å². The molecule has 1 aliphatic carbocycles. The Bertz CT molecular complexity index is 1480. The first-order valence-electron chi connectivity index (χ1n) is 14.3. The maximum atomic E-state index is 14.5. The molecular formula is C34H37FN2O3. The highest BCUT2D eigenvalue weighted by Crippen LogP contribution is 2.37. The lowest BCUT2D eigenvalue weighted by Gasteiger charge is -2.37. The highest BCUT2D eigenvalue weighted by molar-refractivity contribution is 5.88. The number of carbonyl (C=O) groups excluding carboxylic acids is 1. The average Bonchev–Trinajstić information content (AvgIpc) is 3.27. The lowest BCUT2D eigenvalue weighted by Crippen LogP contribution is -2.47. The summed E-state index contributed by atoms with van der Waals surface area (Å²) in [4.78, 5) is 28.3. The molecule has 1 heterocycles. The van der Waals surface area contributed by atoms with Gasteiger partial charge in [0.15, 0.2) is 0 Å². The largest absolute Gasteiger partial charge is 0.480 e. The van der Waals surface area contributed by atoms with Gasteiger partial charge in [-0.25, -0.2) is 9.18 Å². The summed E-state index contributed by atoms with van der Waals surface area (Å²) in [7, 11) is 0. The Hall–Kier alpha value is -3.93. The minimum atomic E-state index is -0.886. The number of hydrogen-bond acceptors (Lipinski definition) is 2. The summed E-state index contributed by atoms with van der Waals surface area (Å²) in [6.07, 6.45) is 3.81. The zero-order chi connectivity index (χ0) is 28.2. The summed E-state index contributed by atoms with van der Waals surface area (Å²) in [5.74, 6) is -1.29. The van der Waals surface area contributed by atoms with Crippen molar-refractivity contribution in [3.8, 4) is 0 Å². The number of nitrogens with zero attached hydrogens (tertiary/aromatic N) is 2. The van der Waals surface area contributed by atoms with E-state index in [9.17, 15) is 19.1 Å². The van der Waals surface area contributed by atoms with Gasteiger partial charge in [0.2, 0.25) is 5.91 Å². The lowest BCUT2D eigenvalue weighted by molar-refractivity contribution is -0.141. The van der Waals surface area contributed by atoms with E-state index in [4.69, 9.17) is 0 Å². The van der Waals surface area contributed by atoms with Crippen LogP contribution >= 0.6 is 0 Å². The molecule has 5 rings (SSSR count). The molecule has 1 aromatic heterocycles. The third-order valence-corrected chi connectivity index (χ3v) is 8.33. The molecule has 6 heteroatoms. The van der Waals surface area contributed by atoms with Gasteiger partial charge < -0.3 is 14.6 Å². The van der Waals surface area contributed by atoms with Crippen LogP contribution in [0, 0.1) is 11.7 Å². The zero-order valence-electron chi connectivity index (χ0n) is 23.2. The summed E-state index contributed by atoms with van der Waals surface area (Å²) in [5.41, 5.74) is 4.99. The van der Waals surface area contributed by atoms with Crippen molar-refractivity contribution >= 4 is 22.8 Å². The predicted octanol–water partition coefficient (Wildman–Crippen LogP) is 6.62.